The van der Waals surface area contributed by atoms with E-state index in [4.69, 9.17) is 9.47 Å². The first kappa shape index (κ1) is 36.2. The molecule has 0 N–H and O–H groups in total. The summed E-state index contributed by atoms with van der Waals surface area (Å²) in [6.45, 7) is 5.15. The number of benzene rings is 3. The van der Waals surface area contributed by atoms with Crippen LogP contribution in [0.4, 0.5) is 17.1 Å². The summed E-state index contributed by atoms with van der Waals surface area (Å²) in [4.78, 5) is 26.6. The van der Waals surface area contributed by atoms with Crippen molar-refractivity contribution < 1.29 is 19.1 Å². The topological polar surface area (TPSA) is 55.8 Å². The monoisotopic (exact) mass is 661 g/mol. The van der Waals surface area contributed by atoms with E-state index in [1.807, 2.05) is 12.2 Å². The Hall–Kier alpha value is -4.12. The van der Waals surface area contributed by atoms with Crippen LogP contribution in [0.25, 0.3) is 0 Å². The molecule has 0 bridgehead atoms. The Labute approximate surface area is 294 Å². The minimum absolute atomic E-state index is 0.225. The molecule has 0 saturated heterocycles. The Bertz CT molecular complexity index is 1430. The number of allylic oxidation sites excluding steroid dienone is 2. The van der Waals surface area contributed by atoms with Gasteiger partial charge in [0, 0.05) is 29.2 Å². The highest BCUT2D eigenvalue weighted by Crippen LogP contribution is 2.36. The number of carbonyl (C=O) groups excluding carboxylic acids is 2. The lowest BCUT2D eigenvalue weighted by atomic mass is 9.89. The van der Waals surface area contributed by atoms with Gasteiger partial charge in [-0.25, -0.2) is 9.59 Å². The first-order valence-electron chi connectivity index (χ1n) is 18.7. The third-order valence-electron chi connectivity index (χ3n) is 10.2. The highest BCUT2D eigenvalue weighted by atomic mass is 16.5. The van der Waals surface area contributed by atoms with Crippen LogP contribution in [0, 0.1) is 25.7 Å². The lowest BCUT2D eigenvalue weighted by Gasteiger charge is -2.26. The van der Waals surface area contributed by atoms with Crippen molar-refractivity contribution in [3.63, 3.8) is 0 Å². The van der Waals surface area contributed by atoms with Crippen LogP contribution in [0.2, 0.25) is 0 Å². The summed E-state index contributed by atoms with van der Waals surface area (Å²) in [5, 5.41) is 0. The van der Waals surface area contributed by atoms with Crippen LogP contribution in [-0.2, 0) is 31.9 Å². The number of hydrogen-bond acceptors (Lipinski definition) is 5. The number of aryl methyl sites for hydroxylation is 4. The van der Waals surface area contributed by atoms with Gasteiger partial charge < -0.3 is 14.4 Å². The number of rotatable bonds is 15. The van der Waals surface area contributed by atoms with E-state index in [1.165, 1.54) is 86.5 Å². The van der Waals surface area contributed by atoms with E-state index >= 15 is 0 Å². The van der Waals surface area contributed by atoms with Crippen LogP contribution in [0.15, 0.2) is 91.0 Å². The molecular formula is C44H55NO4. The van der Waals surface area contributed by atoms with E-state index in [0.717, 1.165) is 42.7 Å². The zero-order valence-corrected chi connectivity index (χ0v) is 29.7. The molecule has 2 aliphatic carbocycles. The Balaban J connectivity index is 1.13. The number of carbonyl (C=O) groups is 2. The second-order valence-electron chi connectivity index (χ2n) is 14.0. The zero-order chi connectivity index (χ0) is 34.3. The van der Waals surface area contributed by atoms with Crippen LogP contribution in [0.1, 0.15) is 99.3 Å². The van der Waals surface area contributed by atoms with Crippen molar-refractivity contribution in [3.8, 4) is 0 Å². The average molecular weight is 662 g/mol. The van der Waals surface area contributed by atoms with E-state index in [1.54, 1.807) is 12.2 Å². The fourth-order valence-corrected chi connectivity index (χ4v) is 7.01. The van der Waals surface area contributed by atoms with Gasteiger partial charge in [0.25, 0.3) is 0 Å². The predicted molar refractivity (Wildman–Crippen MR) is 201 cm³/mol. The summed E-state index contributed by atoms with van der Waals surface area (Å²) in [6.07, 6.45) is 23.1. The van der Waals surface area contributed by atoms with E-state index in [2.05, 4.69) is 85.5 Å². The van der Waals surface area contributed by atoms with Crippen molar-refractivity contribution in [1.29, 1.82) is 0 Å². The minimum Gasteiger partial charge on any atom is -0.463 e. The Morgan fingerprint density at radius 2 is 1.02 bits per heavy atom. The molecule has 260 valence electrons. The zero-order valence-electron chi connectivity index (χ0n) is 29.7. The summed E-state index contributed by atoms with van der Waals surface area (Å²) in [5.74, 6) is 0.610. The fourth-order valence-electron chi connectivity index (χ4n) is 7.01. The Morgan fingerprint density at radius 1 is 0.592 bits per heavy atom. The number of ether oxygens (including phenoxy) is 2. The van der Waals surface area contributed by atoms with Crippen molar-refractivity contribution in [2.75, 3.05) is 18.1 Å². The fraction of sp³-hybridized carbons (Fsp3) is 0.455. The number of nitrogens with zero attached hydrogens (tertiary/aromatic N) is 1. The van der Waals surface area contributed by atoms with Crippen LogP contribution >= 0.6 is 0 Å². The highest BCUT2D eigenvalue weighted by Gasteiger charge is 2.15. The molecule has 5 nitrogen and oxygen atoms in total. The third-order valence-corrected chi connectivity index (χ3v) is 10.2. The second kappa shape index (κ2) is 19.2. The molecule has 0 spiro atoms. The smallest absolute Gasteiger partial charge is 0.330 e. The van der Waals surface area contributed by atoms with Gasteiger partial charge in [-0.3, -0.25) is 0 Å². The lowest BCUT2D eigenvalue weighted by Crippen LogP contribution is -2.11. The van der Waals surface area contributed by atoms with Gasteiger partial charge in [0.15, 0.2) is 0 Å². The van der Waals surface area contributed by atoms with E-state index in [9.17, 15) is 9.59 Å². The summed E-state index contributed by atoms with van der Waals surface area (Å²) < 4.78 is 11.0. The largest absolute Gasteiger partial charge is 0.463 e. The maximum Gasteiger partial charge on any atom is 0.330 e. The van der Waals surface area contributed by atoms with Crippen LogP contribution in [0.5, 0.6) is 0 Å². The molecule has 2 saturated carbocycles. The summed E-state index contributed by atoms with van der Waals surface area (Å²) >= 11 is 0. The summed E-state index contributed by atoms with van der Waals surface area (Å²) in [5.41, 5.74) is 8.26. The predicted octanol–water partition coefficient (Wildman–Crippen LogP) is 11.0. The third kappa shape index (κ3) is 11.8. The van der Waals surface area contributed by atoms with Gasteiger partial charge in [-0.05, 0) is 136 Å². The van der Waals surface area contributed by atoms with Gasteiger partial charge in [0.1, 0.15) is 0 Å². The first-order chi connectivity index (χ1) is 23.9. The summed E-state index contributed by atoms with van der Waals surface area (Å²) in [7, 11) is 0. The average Bonchev–Trinajstić information content (AvgIpc) is 3.14. The molecule has 5 heteroatoms. The maximum atomic E-state index is 12.2. The molecule has 3 aromatic carbocycles. The van der Waals surface area contributed by atoms with Crippen molar-refractivity contribution in [1.82, 2.24) is 0 Å². The van der Waals surface area contributed by atoms with Gasteiger partial charge in [-0.15, -0.1) is 0 Å². The molecule has 0 amide bonds. The standard InChI is InChI=1S/C44H55NO4/c1-34-17-24-42(33-35(34)2)45(40-25-18-38(19-26-40)15-9-31-48-43(46)29-22-36-11-5-3-6-12-36)41-27-20-39(21-28-41)16-10-32-49-44(47)30-23-37-13-7-4-8-14-37/h17-30,33,36-37H,3-16,31-32H2,1-2H3/b29-22+,30-23+. The van der Waals surface area contributed by atoms with E-state index in [-0.39, 0.29) is 11.9 Å². The van der Waals surface area contributed by atoms with Gasteiger partial charge in [-0.2, -0.15) is 0 Å². The van der Waals surface area contributed by atoms with E-state index in [0.29, 0.717) is 25.0 Å². The van der Waals surface area contributed by atoms with Crippen LogP contribution in [-0.4, -0.2) is 25.2 Å². The van der Waals surface area contributed by atoms with Gasteiger partial charge in [0.05, 0.1) is 13.2 Å². The van der Waals surface area contributed by atoms with Gasteiger partial charge >= 0.3 is 11.9 Å². The molecule has 0 aliphatic heterocycles. The normalized spacial score (nSPS) is 15.9. The lowest BCUT2D eigenvalue weighted by molar-refractivity contribution is -0.138. The molecule has 0 heterocycles. The van der Waals surface area contributed by atoms with Crippen molar-refractivity contribution in [2.45, 2.75) is 104 Å². The van der Waals surface area contributed by atoms with Crippen LogP contribution < -0.4 is 4.90 Å². The Morgan fingerprint density at radius 3 is 1.45 bits per heavy atom. The molecule has 0 unspecified atom stereocenters. The summed E-state index contributed by atoms with van der Waals surface area (Å²) in [6, 6.07) is 24.0. The highest BCUT2D eigenvalue weighted by molar-refractivity contribution is 5.82. The molecule has 3 aromatic rings. The second-order valence-corrected chi connectivity index (χ2v) is 14.0. The number of hydrogen-bond donors (Lipinski definition) is 0. The number of anilines is 3. The quantitative estimate of drug-likeness (QED) is 0.0922. The molecule has 49 heavy (non-hydrogen) atoms. The molecule has 0 aromatic heterocycles. The van der Waals surface area contributed by atoms with Crippen molar-refractivity contribution in [2.24, 2.45) is 11.8 Å². The minimum atomic E-state index is -0.225. The molecule has 2 fully saturated rings. The molecule has 0 atom stereocenters. The molecule has 2 aliphatic rings. The van der Waals surface area contributed by atoms with Gasteiger partial charge in [0.2, 0.25) is 0 Å². The Kier molecular flexibility index (Phi) is 14.1. The SMILES string of the molecule is Cc1ccc(N(c2ccc(CCCOC(=O)/C=C/C3CCCCC3)cc2)c2ccc(CCCOC(=O)/C=C/C3CCCCC3)cc2)cc1C. The van der Waals surface area contributed by atoms with Gasteiger partial charge in [-0.1, -0.05) is 81.0 Å². The number of esters is 2. The molecule has 0 radical (unpaired) electrons. The van der Waals surface area contributed by atoms with Crippen LogP contribution in [0.3, 0.4) is 0 Å². The molecule has 5 rings (SSSR count). The van der Waals surface area contributed by atoms with E-state index < -0.39 is 0 Å². The maximum absolute atomic E-state index is 12.2. The van der Waals surface area contributed by atoms with Crippen molar-refractivity contribution in [3.05, 3.63) is 113 Å². The first-order valence-corrected chi connectivity index (χ1v) is 18.7. The molecular weight excluding hydrogens is 606 g/mol. The van der Waals surface area contributed by atoms with Crippen molar-refractivity contribution >= 4 is 29.0 Å².